The summed E-state index contributed by atoms with van der Waals surface area (Å²) in [6.07, 6.45) is 3.43. The third-order valence-corrected chi connectivity index (χ3v) is 5.41. The van der Waals surface area contributed by atoms with Gasteiger partial charge in [0.25, 0.3) is 5.91 Å². The van der Waals surface area contributed by atoms with Gasteiger partial charge in [0.1, 0.15) is 0 Å². The highest BCUT2D eigenvalue weighted by molar-refractivity contribution is 6.30. The highest BCUT2D eigenvalue weighted by atomic mass is 35.5. The minimum atomic E-state index is -0.125. The Bertz CT molecular complexity index is 747. The molecule has 2 aromatic carbocycles. The number of hydrogen-bond donors (Lipinski definition) is 3. The Kier molecular flexibility index (Phi) is 6.30. The zero-order chi connectivity index (χ0) is 18.5. The first-order valence-corrected chi connectivity index (χ1v) is 9.54. The molecule has 1 amide bonds. The summed E-state index contributed by atoms with van der Waals surface area (Å²) in [4.78, 5) is 11.8. The van der Waals surface area contributed by atoms with Crippen molar-refractivity contribution in [1.29, 1.82) is 0 Å². The fourth-order valence-electron chi connectivity index (χ4n) is 3.76. The van der Waals surface area contributed by atoms with Crippen molar-refractivity contribution in [2.24, 2.45) is 5.73 Å². The molecule has 2 aromatic rings. The Balaban J connectivity index is 1.57. The number of amides is 1. The summed E-state index contributed by atoms with van der Waals surface area (Å²) in [5.41, 5.74) is 8.53. The van der Waals surface area contributed by atoms with Crippen molar-refractivity contribution in [3.8, 4) is 0 Å². The molecule has 0 aliphatic heterocycles. The molecule has 3 atom stereocenters. The molecule has 4 nitrogen and oxygen atoms in total. The van der Waals surface area contributed by atoms with Gasteiger partial charge in [-0.15, -0.1) is 0 Å². The smallest absolute Gasteiger partial charge is 0.252 e. The van der Waals surface area contributed by atoms with E-state index in [1.807, 2.05) is 30.3 Å². The first-order chi connectivity index (χ1) is 12.6. The average Bonchev–Trinajstić information content (AvgIpc) is 3.10. The van der Waals surface area contributed by atoms with Crippen molar-refractivity contribution in [3.05, 3.63) is 70.2 Å². The molecular formula is C21H26ClN3O. The molecular weight excluding hydrogens is 346 g/mol. The third-order valence-electron chi connectivity index (χ3n) is 5.17. The molecule has 0 radical (unpaired) electrons. The summed E-state index contributed by atoms with van der Waals surface area (Å²) in [5, 5.41) is 7.13. The van der Waals surface area contributed by atoms with Crippen molar-refractivity contribution < 1.29 is 4.79 Å². The Hall–Kier alpha value is -1.88. The van der Waals surface area contributed by atoms with Gasteiger partial charge in [0.2, 0.25) is 0 Å². The molecule has 26 heavy (non-hydrogen) atoms. The van der Waals surface area contributed by atoms with Gasteiger partial charge in [0.15, 0.2) is 0 Å². The highest BCUT2D eigenvalue weighted by Crippen LogP contribution is 2.35. The van der Waals surface area contributed by atoms with Gasteiger partial charge >= 0.3 is 0 Å². The van der Waals surface area contributed by atoms with Gasteiger partial charge < -0.3 is 16.4 Å². The number of hydrogen-bond acceptors (Lipinski definition) is 3. The molecule has 1 fully saturated rings. The van der Waals surface area contributed by atoms with Crippen LogP contribution in [0.3, 0.4) is 0 Å². The van der Waals surface area contributed by atoms with Gasteiger partial charge in [-0.2, -0.15) is 0 Å². The maximum absolute atomic E-state index is 11.8. The predicted octanol–water partition coefficient (Wildman–Crippen LogP) is 3.97. The molecule has 0 aromatic heterocycles. The molecule has 0 spiro atoms. The van der Waals surface area contributed by atoms with Crippen LogP contribution in [0, 0.1) is 0 Å². The second kappa shape index (κ2) is 8.67. The summed E-state index contributed by atoms with van der Waals surface area (Å²) in [5.74, 6) is 0.408. The number of carbonyl (C=O) groups excluding carboxylic acids is 1. The second-order valence-corrected chi connectivity index (χ2v) is 7.42. The summed E-state index contributed by atoms with van der Waals surface area (Å²) >= 11 is 6.10. The first kappa shape index (κ1) is 18.9. The van der Waals surface area contributed by atoms with Crippen LogP contribution in [0.25, 0.3) is 0 Å². The van der Waals surface area contributed by atoms with E-state index in [9.17, 15) is 4.79 Å². The van der Waals surface area contributed by atoms with Crippen molar-refractivity contribution in [3.63, 3.8) is 0 Å². The van der Waals surface area contributed by atoms with E-state index in [-0.39, 0.29) is 18.6 Å². The van der Waals surface area contributed by atoms with Crippen LogP contribution in [0.4, 0.5) is 0 Å². The Morgan fingerprint density at radius 1 is 1.23 bits per heavy atom. The molecule has 138 valence electrons. The highest BCUT2D eigenvalue weighted by Gasteiger charge is 2.27. The molecule has 1 aliphatic rings. The van der Waals surface area contributed by atoms with Crippen LogP contribution in [0.5, 0.6) is 0 Å². The standard InChI is InChI=1S/C21H26ClN3O/c1-14(17-3-2-4-19(22)11-17)25-20-10-9-18(12-20)15-5-7-16(8-6-15)21(26)24-13-23/h2-8,11,14,18,20,25H,9-10,12-13,23H2,1H3,(H,24,26)/t14-,18+,20?/m1/s1. The maximum atomic E-state index is 11.8. The van der Waals surface area contributed by atoms with E-state index in [1.54, 1.807) is 0 Å². The number of halogens is 1. The Morgan fingerprint density at radius 3 is 2.69 bits per heavy atom. The van der Waals surface area contributed by atoms with Gasteiger partial charge in [-0.25, -0.2) is 0 Å². The van der Waals surface area contributed by atoms with E-state index in [2.05, 4.69) is 35.8 Å². The minimum Gasteiger partial charge on any atom is -0.340 e. The number of carbonyl (C=O) groups is 1. The SMILES string of the molecule is C[C@@H](NC1CC[C@H](c2ccc(C(=O)NCN)cc2)C1)c1cccc(Cl)c1. The van der Waals surface area contributed by atoms with Gasteiger partial charge in [-0.3, -0.25) is 4.79 Å². The predicted molar refractivity (Wildman–Crippen MR) is 106 cm³/mol. The van der Waals surface area contributed by atoms with Gasteiger partial charge in [-0.05, 0) is 67.5 Å². The van der Waals surface area contributed by atoms with E-state index in [4.69, 9.17) is 17.3 Å². The van der Waals surface area contributed by atoms with E-state index >= 15 is 0 Å². The van der Waals surface area contributed by atoms with Crippen LogP contribution in [-0.4, -0.2) is 18.6 Å². The number of benzene rings is 2. The van der Waals surface area contributed by atoms with Crippen LogP contribution < -0.4 is 16.4 Å². The number of nitrogens with one attached hydrogen (secondary N) is 2. The van der Waals surface area contributed by atoms with E-state index in [0.717, 1.165) is 24.3 Å². The number of nitrogens with two attached hydrogens (primary N) is 1. The summed E-state index contributed by atoms with van der Waals surface area (Å²) < 4.78 is 0. The Morgan fingerprint density at radius 2 is 2.00 bits per heavy atom. The lowest BCUT2D eigenvalue weighted by atomic mass is 9.96. The number of rotatable bonds is 6. The quantitative estimate of drug-likeness (QED) is 0.673. The van der Waals surface area contributed by atoms with Gasteiger partial charge in [0.05, 0.1) is 6.67 Å². The maximum Gasteiger partial charge on any atom is 0.252 e. The van der Waals surface area contributed by atoms with Gasteiger partial charge in [-0.1, -0.05) is 35.9 Å². The molecule has 1 saturated carbocycles. The monoisotopic (exact) mass is 371 g/mol. The summed E-state index contributed by atoms with van der Waals surface area (Å²) in [6.45, 7) is 2.34. The van der Waals surface area contributed by atoms with Crippen LogP contribution >= 0.6 is 11.6 Å². The van der Waals surface area contributed by atoms with E-state index in [0.29, 0.717) is 17.5 Å². The molecule has 3 rings (SSSR count). The van der Waals surface area contributed by atoms with Crippen LogP contribution in [0.15, 0.2) is 48.5 Å². The topological polar surface area (TPSA) is 67.2 Å². The largest absolute Gasteiger partial charge is 0.340 e. The van der Waals surface area contributed by atoms with Crippen molar-refractivity contribution in [1.82, 2.24) is 10.6 Å². The zero-order valence-corrected chi connectivity index (χ0v) is 15.8. The normalized spacial score (nSPS) is 20.7. The molecule has 0 saturated heterocycles. The van der Waals surface area contributed by atoms with E-state index < -0.39 is 0 Å². The zero-order valence-electron chi connectivity index (χ0n) is 15.0. The van der Waals surface area contributed by atoms with Crippen LogP contribution in [0.1, 0.15) is 59.6 Å². The lowest BCUT2D eigenvalue weighted by molar-refractivity contribution is 0.0955. The molecule has 4 N–H and O–H groups in total. The molecule has 0 bridgehead atoms. The molecule has 1 unspecified atom stereocenters. The van der Waals surface area contributed by atoms with Crippen molar-refractivity contribution in [2.75, 3.05) is 6.67 Å². The minimum absolute atomic E-state index is 0.125. The van der Waals surface area contributed by atoms with Crippen molar-refractivity contribution in [2.45, 2.75) is 44.2 Å². The van der Waals surface area contributed by atoms with Crippen LogP contribution in [-0.2, 0) is 0 Å². The fourth-order valence-corrected chi connectivity index (χ4v) is 3.96. The first-order valence-electron chi connectivity index (χ1n) is 9.16. The molecule has 0 heterocycles. The average molecular weight is 372 g/mol. The van der Waals surface area contributed by atoms with Gasteiger partial charge in [0, 0.05) is 22.7 Å². The van der Waals surface area contributed by atoms with Crippen molar-refractivity contribution >= 4 is 17.5 Å². The van der Waals surface area contributed by atoms with Crippen LogP contribution in [0.2, 0.25) is 5.02 Å². The summed E-state index contributed by atoms with van der Waals surface area (Å²) in [7, 11) is 0. The molecule has 5 heteroatoms. The Labute approximate surface area is 160 Å². The lowest BCUT2D eigenvalue weighted by Gasteiger charge is -2.20. The summed E-state index contributed by atoms with van der Waals surface area (Å²) in [6, 6.07) is 16.7. The lowest BCUT2D eigenvalue weighted by Crippen LogP contribution is -2.29. The third kappa shape index (κ3) is 4.64. The second-order valence-electron chi connectivity index (χ2n) is 6.98. The fraction of sp³-hybridized carbons (Fsp3) is 0.381. The van der Waals surface area contributed by atoms with E-state index in [1.165, 1.54) is 11.1 Å². The molecule has 1 aliphatic carbocycles.